The fourth-order valence-electron chi connectivity index (χ4n) is 3.73. The molecule has 4 atom stereocenters. The van der Waals surface area contributed by atoms with Crippen LogP contribution >= 0.6 is 11.3 Å². The van der Waals surface area contributed by atoms with Crippen LogP contribution in [0, 0.1) is 5.92 Å². The minimum absolute atomic E-state index is 0.0293. The Hall–Kier alpha value is -0.870. The smallest absolute Gasteiger partial charge is 0.309 e. The summed E-state index contributed by atoms with van der Waals surface area (Å²) in [6.07, 6.45) is 3.37. The monoisotopic (exact) mass is 265 g/mol. The Kier molecular flexibility index (Phi) is 3.16. The summed E-state index contributed by atoms with van der Waals surface area (Å²) in [6.45, 7) is 0. The number of thiophene rings is 1. The molecule has 0 aromatic carbocycles. The van der Waals surface area contributed by atoms with Crippen molar-refractivity contribution in [2.24, 2.45) is 5.92 Å². The van der Waals surface area contributed by atoms with Crippen LogP contribution in [0.5, 0.6) is 0 Å². The fraction of sp³-hybridized carbons (Fsp3) is 0.643. The number of carbonyl (C=O) groups excluding carboxylic acids is 1. The van der Waals surface area contributed by atoms with Gasteiger partial charge in [-0.25, -0.2) is 0 Å². The topological polar surface area (TPSA) is 29.5 Å². The van der Waals surface area contributed by atoms with Crippen molar-refractivity contribution in [3.63, 3.8) is 0 Å². The predicted octanol–water partition coefficient (Wildman–Crippen LogP) is 2.49. The van der Waals surface area contributed by atoms with Crippen LogP contribution in [0.15, 0.2) is 17.5 Å². The highest BCUT2D eigenvalue weighted by molar-refractivity contribution is 7.10. The van der Waals surface area contributed by atoms with E-state index >= 15 is 0 Å². The van der Waals surface area contributed by atoms with E-state index in [0.29, 0.717) is 18.0 Å². The van der Waals surface area contributed by atoms with Crippen LogP contribution in [-0.2, 0) is 9.53 Å². The van der Waals surface area contributed by atoms with Crippen LogP contribution in [0.4, 0.5) is 0 Å². The van der Waals surface area contributed by atoms with Gasteiger partial charge in [0.2, 0.25) is 0 Å². The molecule has 1 aromatic heterocycles. The summed E-state index contributed by atoms with van der Waals surface area (Å²) in [5.41, 5.74) is 0. The van der Waals surface area contributed by atoms with Gasteiger partial charge >= 0.3 is 5.97 Å². The highest BCUT2D eigenvalue weighted by atomic mass is 32.1. The van der Waals surface area contributed by atoms with E-state index in [1.54, 1.807) is 11.3 Å². The zero-order valence-electron chi connectivity index (χ0n) is 10.8. The number of carbonyl (C=O) groups is 1. The molecular formula is C14H19NO2S. The van der Waals surface area contributed by atoms with Crippen molar-refractivity contribution in [3.05, 3.63) is 22.4 Å². The average Bonchev–Trinajstić information content (AvgIpc) is 2.97. The molecule has 0 radical (unpaired) electrons. The maximum Gasteiger partial charge on any atom is 0.309 e. The highest BCUT2D eigenvalue weighted by Crippen LogP contribution is 2.47. The molecule has 2 bridgehead atoms. The third-order valence-electron chi connectivity index (χ3n) is 4.64. The average molecular weight is 265 g/mol. The molecular weight excluding hydrogens is 246 g/mol. The summed E-state index contributed by atoms with van der Waals surface area (Å²) in [5.74, 6) is 0.335. The number of methoxy groups -OCH3 is 1. The van der Waals surface area contributed by atoms with E-state index < -0.39 is 0 Å². The number of piperidine rings is 1. The molecule has 0 N–H and O–H groups in total. The lowest BCUT2D eigenvalue weighted by atomic mass is 9.79. The molecule has 0 amide bonds. The van der Waals surface area contributed by atoms with E-state index in [4.69, 9.17) is 4.74 Å². The molecule has 3 heterocycles. The van der Waals surface area contributed by atoms with Crippen LogP contribution < -0.4 is 0 Å². The van der Waals surface area contributed by atoms with E-state index in [-0.39, 0.29) is 11.9 Å². The van der Waals surface area contributed by atoms with Crippen molar-refractivity contribution in [2.75, 3.05) is 14.2 Å². The summed E-state index contributed by atoms with van der Waals surface area (Å²) >= 11 is 1.77. The van der Waals surface area contributed by atoms with Gasteiger partial charge in [-0.3, -0.25) is 9.69 Å². The maximum absolute atomic E-state index is 12.1. The molecule has 1 aromatic rings. The third kappa shape index (κ3) is 1.79. The minimum Gasteiger partial charge on any atom is -0.469 e. The van der Waals surface area contributed by atoms with Crippen molar-refractivity contribution in [2.45, 2.75) is 37.3 Å². The second-order valence-electron chi connectivity index (χ2n) is 5.37. The number of rotatable bonds is 2. The molecule has 2 aliphatic heterocycles. The van der Waals surface area contributed by atoms with Gasteiger partial charge in [0.1, 0.15) is 0 Å². The van der Waals surface area contributed by atoms with E-state index in [0.717, 1.165) is 6.42 Å². The first kappa shape index (κ1) is 12.2. The molecule has 0 spiro atoms. The Morgan fingerprint density at radius 3 is 3.00 bits per heavy atom. The molecule has 0 unspecified atom stereocenters. The van der Waals surface area contributed by atoms with Crippen LogP contribution in [-0.4, -0.2) is 37.1 Å². The van der Waals surface area contributed by atoms with Crippen molar-refractivity contribution in [1.29, 1.82) is 0 Å². The SMILES string of the molecule is COC(=O)[C@@H]1C[C@@H]2CC[C@@H]([C@@H]1c1cccs1)N2C. The van der Waals surface area contributed by atoms with Crippen LogP contribution in [0.25, 0.3) is 0 Å². The van der Waals surface area contributed by atoms with E-state index in [2.05, 4.69) is 29.5 Å². The van der Waals surface area contributed by atoms with Crippen molar-refractivity contribution >= 4 is 17.3 Å². The molecule has 3 rings (SSSR count). The zero-order valence-corrected chi connectivity index (χ0v) is 11.7. The molecule has 2 fully saturated rings. The van der Waals surface area contributed by atoms with E-state index in [1.807, 2.05) is 0 Å². The van der Waals surface area contributed by atoms with Crippen molar-refractivity contribution < 1.29 is 9.53 Å². The molecule has 0 aliphatic carbocycles. The Bertz CT molecular complexity index is 431. The normalized spacial score (nSPS) is 35.7. The van der Waals surface area contributed by atoms with E-state index in [9.17, 15) is 4.79 Å². The number of ether oxygens (including phenoxy) is 1. The number of esters is 1. The molecule has 0 saturated carbocycles. The van der Waals surface area contributed by atoms with Gasteiger partial charge in [0, 0.05) is 22.9 Å². The largest absolute Gasteiger partial charge is 0.469 e. The molecule has 2 saturated heterocycles. The maximum atomic E-state index is 12.1. The van der Waals surface area contributed by atoms with Crippen LogP contribution in [0.2, 0.25) is 0 Å². The van der Waals surface area contributed by atoms with Gasteiger partial charge in [-0.15, -0.1) is 11.3 Å². The molecule has 18 heavy (non-hydrogen) atoms. The summed E-state index contributed by atoms with van der Waals surface area (Å²) in [7, 11) is 3.71. The highest BCUT2D eigenvalue weighted by Gasteiger charge is 2.49. The number of hydrogen-bond acceptors (Lipinski definition) is 4. The number of nitrogens with zero attached hydrogens (tertiary/aromatic N) is 1. The lowest BCUT2D eigenvalue weighted by Gasteiger charge is -2.41. The fourth-order valence-corrected chi connectivity index (χ4v) is 4.68. The second kappa shape index (κ2) is 4.67. The first-order valence-corrected chi connectivity index (χ1v) is 7.43. The van der Waals surface area contributed by atoms with Gasteiger partial charge in [0.05, 0.1) is 13.0 Å². The lowest BCUT2D eigenvalue weighted by molar-refractivity contribution is -0.149. The van der Waals surface area contributed by atoms with Gasteiger partial charge in [-0.05, 0) is 37.8 Å². The molecule has 4 heteroatoms. The third-order valence-corrected chi connectivity index (χ3v) is 5.62. The van der Waals surface area contributed by atoms with Gasteiger partial charge in [-0.1, -0.05) is 6.07 Å². The van der Waals surface area contributed by atoms with Crippen LogP contribution in [0.3, 0.4) is 0 Å². The zero-order chi connectivity index (χ0) is 12.7. The molecule has 98 valence electrons. The predicted molar refractivity (Wildman–Crippen MR) is 71.8 cm³/mol. The minimum atomic E-state index is -0.0293. The second-order valence-corrected chi connectivity index (χ2v) is 6.35. The first-order chi connectivity index (χ1) is 8.72. The number of fused-ring (bicyclic) bond motifs is 2. The van der Waals surface area contributed by atoms with Gasteiger partial charge in [0.25, 0.3) is 0 Å². The van der Waals surface area contributed by atoms with Gasteiger partial charge in [-0.2, -0.15) is 0 Å². The number of likely N-dealkylation sites (N-methyl/N-ethyl adjacent to an activating group) is 1. The Labute approximate surface area is 112 Å². The summed E-state index contributed by atoms with van der Waals surface area (Å²) in [4.78, 5) is 15.9. The van der Waals surface area contributed by atoms with Gasteiger partial charge < -0.3 is 4.74 Å². The first-order valence-electron chi connectivity index (χ1n) is 6.55. The summed E-state index contributed by atoms with van der Waals surface area (Å²) in [5, 5.41) is 2.10. The standard InChI is InChI=1S/C14H19NO2S/c1-15-9-5-6-11(15)13(12-4-3-7-18-12)10(8-9)14(16)17-2/h3-4,7,9-11,13H,5-6,8H2,1-2H3/t9-,10+,11-,13+/m0/s1. The van der Waals surface area contributed by atoms with Crippen molar-refractivity contribution in [1.82, 2.24) is 4.90 Å². The Morgan fingerprint density at radius 2 is 2.33 bits per heavy atom. The Morgan fingerprint density at radius 1 is 1.50 bits per heavy atom. The summed E-state index contributed by atoms with van der Waals surface area (Å²) < 4.78 is 5.02. The van der Waals surface area contributed by atoms with Crippen LogP contribution in [0.1, 0.15) is 30.1 Å². The number of hydrogen-bond donors (Lipinski definition) is 0. The summed E-state index contributed by atoms with van der Waals surface area (Å²) in [6, 6.07) is 5.31. The lowest BCUT2D eigenvalue weighted by Crippen LogP contribution is -2.47. The van der Waals surface area contributed by atoms with Crippen molar-refractivity contribution in [3.8, 4) is 0 Å². The molecule has 2 aliphatic rings. The van der Waals surface area contributed by atoms with Gasteiger partial charge in [0.15, 0.2) is 0 Å². The van der Waals surface area contributed by atoms with E-state index in [1.165, 1.54) is 24.8 Å². The Balaban J connectivity index is 1.96. The molecule has 3 nitrogen and oxygen atoms in total. The quantitative estimate of drug-likeness (QED) is 0.769.